The highest BCUT2D eigenvalue weighted by molar-refractivity contribution is 7.19. The van der Waals surface area contributed by atoms with Crippen LogP contribution < -0.4 is 4.74 Å². The number of ether oxygens (including phenoxy) is 1. The average molecular weight is 254 g/mol. The first-order valence-electron chi connectivity index (χ1n) is 6.10. The second kappa shape index (κ2) is 4.83. The summed E-state index contributed by atoms with van der Waals surface area (Å²) in [5.74, 6) is 1.78. The summed E-state index contributed by atoms with van der Waals surface area (Å²) in [6.45, 7) is 2.19. The molecule has 0 spiro atoms. The minimum Gasteiger partial charge on any atom is -0.457 e. The van der Waals surface area contributed by atoms with Gasteiger partial charge in [0.25, 0.3) is 0 Å². The Hall–Kier alpha value is -1.80. The van der Waals surface area contributed by atoms with E-state index < -0.39 is 0 Å². The van der Waals surface area contributed by atoms with Crippen LogP contribution in [-0.4, -0.2) is 0 Å². The second-order valence-corrected chi connectivity index (χ2v) is 5.35. The summed E-state index contributed by atoms with van der Waals surface area (Å²) in [7, 11) is 0. The molecular formula is C16H14OS. The second-order valence-electron chi connectivity index (χ2n) is 4.18. The molecule has 3 aromatic rings. The van der Waals surface area contributed by atoms with E-state index in [-0.39, 0.29) is 0 Å². The lowest BCUT2D eigenvalue weighted by atomic mass is 10.2. The van der Waals surface area contributed by atoms with E-state index in [9.17, 15) is 0 Å². The van der Waals surface area contributed by atoms with Crippen LogP contribution in [0.3, 0.4) is 0 Å². The van der Waals surface area contributed by atoms with E-state index in [0.29, 0.717) is 0 Å². The van der Waals surface area contributed by atoms with Gasteiger partial charge < -0.3 is 4.74 Å². The summed E-state index contributed by atoms with van der Waals surface area (Å²) in [6, 6.07) is 18.4. The van der Waals surface area contributed by atoms with Crippen molar-refractivity contribution in [2.75, 3.05) is 0 Å². The van der Waals surface area contributed by atoms with Crippen molar-refractivity contribution >= 4 is 21.4 Å². The Morgan fingerprint density at radius 1 is 0.944 bits per heavy atom. The molecule has 0 aliphatic carbocycles. The number of hydrogen-bond acceptors (Lipinski definition) is 2. The lowest BCUT2D eigenvalue weighted by molar-refractivity contribution is 0.483. The van der Waals surface area contributed by atoms with Crippen LogP contribution in [0.15, 0.2) is 54.6 Å². The average Bonchev–Trinajstić information content (AvgIpc) is 2.82. The van der Waals surface area contributed by atoms with Crippen LogP contribution in [0.25, 0.3) is 10.1 Å². The normalized spacial score (nSPS) is 10.7. The molecule has 0 atom stereocenters. The van der Waals surface area contributed by atoms with Gasteiger partial charge in [-0.2, -0.15) is 0 Å². The molecule has 1 heterocycles. The highest BCUT2D eigenvalue weighted by Gasteiger charge is 2.03. The van der Waals surface area contributed by atoms with Crippen molar-refractivity contribution in [3.05, 3.63) is 59.5 Å². The van der Waals surface area contributed by atoms with E-state index in [1.807, 2.05) is 47.7 Å². The fourth-order valence-corrected chi connectivity index (χ4v) is 2.96. The summed E-state index contributed by atoms with van der Waals surface area (Å²) in [6.07, 6.45) is 1.09. The third-order valence-corrected chi connectivity index (χ3v) is 4.11. The van der Waals surface area contributed by atoms with Gasteiger partial charge in [-0.3, -0.25) is 0 Å². The number of thiophene rings is 1. The minimum absolute atomic E-state index is 0.879. The molecule has 18 heavy (non-hydrogen) atoms. The van der Waals surface area contributed by atoms with Crippen LogP contribution in [0.4, 0.5) is 0 Å². The first-order chi connectivity index (χ1) is 8.85. The third kappa shape index (κ3) is 2.24. The summed E-state index contributed by atoms with van der Waals surface area (Å²) in [4.78, 5) is 1.42. The Morgan fingerprint density at radius 2 is 1.78 bits per heavy atom. The van der Waals surface area contributed by atoms with Crippen LogP contribution >= 0.6 is 11.3 Å². The third-order valence-electron chi connectivity index (χ3n) is 2.87. The lowest BCUT2D eigenvalue weighted by Gasteiger charge is -2.04. The number of fused-ring (bicyclic) bond motifs is 1. The molecule has 2 heteroatoms. The molecule has 3 rings (SSSR count). The molecule has 0 aliphatic rings. The molecule has 1 aromatic heterocycles. The Bertz CT molecular complexity index is 655. The van der Waals surface area contributed by atoms with E-state index in [1.54, 1.807) is 0 Å². The van der Waals surface area contributed by atoms with Crippen LogP contribution in [0.5, 0.6) is 11.5 Å². The molecule has 2 aromatic carbocycles. The molecule has 0 radical (unpaired) electrons. The quantitative estimate of drug-likeness (QED) is 0.619. The number of rotatable bonds is 3. The standard InChI is InChI=1S/C16H14OS/c1-2-15-10-12-8-9-14(11-16(12)18-15)17-13-6-4-3-5-7-13/h3-11H,2H2,1H3. The Labute approximate surface area is 111 Å². The van der Waals surface area contributed by atoms with Crippen LogP contribution in [0, 0.1) is 0 Å². The van der Waals surface area contributed by atoms with Crippen molar-refractivity contribution in [1.82, 2.24) is 0 Å². The molecule has 0 unspecified atom stereocenters. The Kier molecular flexibility index (Phi) is 3.03. The van der Waals surface area contributed by atoms with Crippen LogP contribution in [-0.2, 0) is 6.42 Å². The maximum atomic E-state index is 5.84. The predicted molar refractivity (Wildman–Crippen MR) is 77.7 cm³/mol. The largest absolute Gasteiger partial charge is 0.457 e. The highest BCUT2D eigenvalue weighted by atomic mass is 32.1. The molecule has 90 valence electrons. The van der Waals surface area contributed by atoms with Gasteiger partial charge in [0.1, 0.15) is 11.5 Å². The van der Waals surface area contributed by atoms with E-state index in [0.717, 1.165) is 17.9 Å². The van der Waals surface area contributed by atoms with Gasteiger partial charge in [0.15, 0.2) is 0 Å². The zero-order chi connectivity index (χ0) is 12.4. The maximum Gasteiger partial charge on any atom is 0.128 e. The topological polar surface area (TPSA) is 9.23 Å². The zero-order valence-corrected chi connectivity index (χ0v) is 11.0. The molecule has 0 saturated carbocycles. The van der Waals surface area contributed by atoms with Gasteiger partial charge in [0.05, 0.1) is 0 Å². The van der Waals surface area contributed by atoms with Gasteiger partial charge in [-0.1, -0.05) is 25.1 Å². The molecule has 0 amide bonds. The van der Waals surface area contributed by atoms with E-state index in [4.69, 9.17) is 4.74 Å². The van der Waals surface area contributed by atoms with Gasteiger partial charge in [-0.15, -0.1) is 11.3 Å². The fraction of sp³-hybridized carbons (Fsp3) is 0.125. The summed E-state index contributed by atoms with van der Waals surface area (Å²) in [5, 5.41) is 1.30. The Morgan fingerprint density at radius 3 is 2.56 bits per heavy atom. The van der Waals surface area contributed by atoms with Gasteiger partial charge in [-0.05, 0) is 48.2 Å². The van der Waals surface area contributed by atoms with Gasteiger partial charge in [0, 0.05) is 9.58 Å². The van der Waals surface area contributed by atoms with Gasteiger partial charge in [-0.25, -0.2) is 0 Å². The predicted octanol–water partition coefficient (Wildman–Crippen LogP) is 5.26. The monoisotopic (exact) mass is 254 g/mol. The molecule has 0 fully saturated rings. The van der Waals surface area contributed by atoms with Crippen molar-refractivity contribution in [2.24, 2.45) is 0 Å². The molecule has 0 N–H and O–H groups in total. The summed E-state index contributed by atoms with van der Waals surface area (Å²) >= 11 is 1.84. The zero-order valence-electron chi connectivity index (χ0n) is 10.2. The number of benzene rings is 2. The van der Waals surface area contributed by atoms with Crippen LogP contribution in [0.2, 0.25) is 0 Å². The molecule has 1 nitrogen and oxygen atoms in total. The summed E-state index contributed by atoms with van der Waals surface area (Å²) < 4.78 is 7.13. The van der Waals surface area contributed by atoms with E-state index >= 15 is 0 Å². The number of hydrogen-bond donors (Lipinski definition) is 0. The van der Waals surface area contributed by atoms with Crippen LogP contribution in [0.1, 0.15) is 11.8 Å². The highest BCUT2D eigenvalue weighted by Crippen LogP contribution is 2.31. The minimum atomic E-state index is 0.879. The van der Waals surface area contributed by atoms with Crippen molar-refractivity contribution in [1.29, 1.82) is 0 Å². The van der Waals surface area contributed by atoms with Crippen molar-refractivity contribution in [3.8, 4) is 11.5 Å². The fourth-order valence-electron chi connectivity index (χ4n) is 1.93. The van der Waals surface area contributed by atoms with Crippen molar-refractivity contribution in [2.45, 2.75) is 13.3 Å². The maximum absolute atomic E-state index is 5.84. The number of para-hydroxylation sites is 1. The van der Waals surface area contributed by atoms with Crippen molar-refractivity contribution < 1.29 is 4.74 Å². The van der Waals surface area contributed by atoms with Crippen molar-refractivity contribution in [3.63, 3.8) is 0 Å². The smallest absolute Gasteiger partial charge is 0.128 e. The first kappa shape index (κ1) is 11.3. The lowest BCUT2D eigenvalue weighted by Crippen LogP contribution is -1.82. The first-order valence-corrected chi connectivity index (χ1v) is 6.92. The summed E-state index contributed by atoms with van der Waals surface area (Å²) in [5.41, 5.74) is 0. The SMILES string of the molecule is CCc1cc2ccc(Oc3ccccc3)cc2s1. The molecule has 0 saturated heterocycles. The number of aryl methyl sites for hydroxylation is 1. The molecule has 0 aliphatic heterocycles. The van der Waals surface area contributed by atoms with E-state index in [2.05, 4.69) is 25.1 Å². The Balaban J connectivity index is 1.93. The van der Waals surface area contributed by atoms with Gasteiger partial charge >= 0.3 is 0 Å². The molecular weight excluding hydrogens is 240 g/mol. The van der Waals surface area contributed by atoms with E-state index in [1.165, 1.54) is 15.0 Å². The van der Waals surface area contributed by atoms with Gasteiger partial charge in [0.2, 0.25) is 0 Å². The molecule has 0 bridgehead atoms.